The number of aromatic nitrogens is 2. The number of nitrogens with zero attached hydrogens (tertiary/aromatic N) is 3. The topological polar surface area (TPSA) is 116 Å². The highest BCUT2D eigenvalue weighted by Gasteiger charge is 2.46. The Morgan fingerprint density at radius 3 is 2.55 bits per heavy atom. The van der Waals surface area contributed by atoms with Crippen LogP contribution in [0, 0.1) is 13.8 Å². The number of Topliss-reactive ketones (excluding diaryl/α,β-unsaturated/α-hetero) is 1. The van der Waals surface area contributed by atoms with E-state index in [1.807, 2.05) is 13.8 Å². The summed E-state index contributed by atoms with van der Waals surface area (Å²) in [5.74, 6) is -2.34. The molecule has 1 unspecified atom stereocenters. The summed E-state index contributed by atoms with van der Waals surface area (Å²) in [5, 5.41) is 11.3. The number of nitrogens with one attached hydrogen (secondary N) is 1. The zero-order chi connectivity index (χ0) is 24.3. The Bertz CT molecular complexity index is 1090. The zero-order valence-electron chi connectivity index (χ0n) is 19.6. The number of ketones is 1. The van der Waals surface area contributed by atoms with Crippen LogP contribution in [-0.4, -0.2) is 75.8 Å². The van der Waals surface area contributed by atoms with Gasteiger partial charge >= 0.3 is 5.97 Å². The van der Waals surface area contributed by atoms with Crippen molar-refractivity contribution >= 4 is 23.4 Å². The number of amides is 1. The number of pyridine rings is 1. The number of likely N-dealkylation sites (N-methyl/N-ethyl adjacent to an activating group) is 1. The first-order valence-electron chi connectivity index (χ1n) is 10.9. The number of esters is 1. The summed E-state index contributed by atoms with van der Waals surface area (Å²) in [6.07, 6.45) is 3.19. The van der Waals surface area contributed by atoms with Crippen molar-refractivity contribution in [1.82, 2.24) is 19.8 Å². The molecule has 1 atom stereocenters. The SMILES string of the molecule is CCN(CC)CCN1C(=O)C(=O)/C(=C(\O)c2c(C)[nH]c(C(=O)OC)c2C)C1c1cccnc1. The van der Waals surface area contributed by atoms with Crippen molar-refractivity contribution < 1.29 is 24.2 Å². The summed E-state index contributed by atoms with van der Waals surface area (Å²) in [6, 6.07) is 2.71. The second kappa shape index (κ2) is 9.99. The Balaban J connectivity index is 2.16. The minimum atomic E-state index is -0.787. The molecular weight excluding hydrogens is 424 g/mol. The summed E-state index contributed by atoms with van der Waals surface area (Å²) in [7, 11) is 1.27. The van der Waals surface area contributed by atoms with Gasteiger partial charge in [0.2, 0.25) is 0 Å². The van der Waals surface area contributed by atoms with Crippen LogP contribution < -0.4 is 0 Å². The van der Waals surface area contributed by atoms with Gasteiger partial charge in [-0.2, -0.15) is 0 Å². The number of methoxy groups -OCH3 is 1. The number of aliphatic hydroxyl groups excluding tert-OH is 1. The molecule has 0 bridgehead atoms. The Kier molecular flexibility index (Phi) is 7.33. The number of H-pyrrole nitrogens is 1. The van der Waals surface area contributed by atoms with E-state index in [1.54, 1.807) is 38.4 Å². The lowest BCUT2D eigenvalue weighted by molar-refractivity contribution is -0.140. The van der Waals surface area contributed by atoms with Crippen molar-refractivity contribution in [3.8, 4) is 0 Å². The van der Waals surface area contributed by atoms with Crippen LogP contribution in [-0.2, 0) is 14.3 Å². The number of ether oxygens (including phenoxy) is 1. The molecule has 3 rings (SSSR count). The van der Waals surface area contributed by atoms with Crippen LogP contribution in [0.25, 0.3) is 5.76 Å². The van der Waals surface area contributed by atoms with Crippen LogP contribution in [0.1, 0.15) is 52.8 Å². The first-order chi connectivity index (χ1) is 15.8. The van der Waals surface area contributed by atoms with Crippen LogP contribution >= 0.6 is 0 Å². The maximum atomic E-state index is 13.2. The van der Waals surface area contributed by atoms with E-state index in [-0.39, 0.29) is 17.0 Å². The monoisotopic (exact) mass is 454 g/mol. The number of aryl methyl sites for hydroxylation is 1. The lowest BCUT2D eigenvalue weighted by Crippen LogP contribution is -2.38. The molecule has 2 aromatic rings. The Morgan fingerprint density at radius 2 is 1.97 bits per heavy atom. The molecule has 0 aromatic carbocycles. The van der Waals surface area contributed by atoms with Gasteiger partial charge in [0.25, 0.3) is 11.7 Å². The third kappa shape index (κ3) is 4.41. The van der Waals surface area contributed by atoms with E-state index in [0.717, 1.165) is 13.1 Å². The molecule has 0 spiro atoms. The largest absolute Gasteiger partial charge is 0.507 e. The zero-order valence-corrected chi connectivity index (χ0v) is 19.6. The minimum Gasteiger partial charge on any atom is -0.507 e. The van der Waals surface area contributed by atoms with Gasteiger partial charge in [0.15, 0.2) is 0 Å². The van der Waals surface area contributed by atoms with Gasteiger partial charge in [-0.15, -0.1) is 0 Å². The van der Waals surface area contributed by atoms with Gasteiger partial charge in [0.05, 0.1) is 18.7 Å². The average molecular weight is 455 g/mol. The predicted octanol–water partition coefficient (Wildman–Crippen LogP) is 2.58. The van der Waals surface area contributed by atoms with Crippen LogP contribution in [0.2, 0.25) is 0 Å². The normalized spacial score (nSPS) is 17.8. The molecule has 9 heteroatoms. The Hall–Kier alpha value is -3.46. The summed E-state index contributed by atoms with van der Waals surface area (Å²) < 4.78 is 4.80. The van der Waals surface area contributed by atoms with Crippen LogP contribution in [0.15, 0.2) is 30.1 Å². The number of hydrogen-bond donors (Lipinski definition) is 2. The molecule has 0 aliphatic carbocycles. The Morgan fingerprint density at radius 1 is 1.27 bits per heavy atom. The summed E-state index contributed by atoms with van der Waals surface area (Å²) in [5.41, 5.74) is 2.03. The maximum absolute atomic E-state index is 13.2. The van der Waals surface area contributed by atoms with Crippen molar-refractivity contribution in [3.05, 3.63) is 58.2 Å². The molecule has 2 aromatic heterocycles. The molecular formula is C24H30N4O5. The fourth-order valence-electron chi connectivity index (χ4n) is 4.33. The van der Waals surface area contributed by atoms with E-state index in [4.69, 9.17) is 4.74 Å². The van der Waals surface area contributed by atoms with Crippen molar-refractivity contribution in [2.45, 2.75) is 33.7 Å². The number of hydrogen-bond acceptors (Lipinski definition) is 7. The molecule has 0 radical (unpaired) electrons. The molecule has 1 saturated heterocycles. The summed E-state index contributed by atoms with van der Waals surface area (Å²) in [4.78, 5) is 49.1. The molecule has 1 fully saturated rings. The highest BCUT2D eigenvalue weighted by Crippen LogP contribution is 2.40. The summed E-state index contributed by atoms with van der Waals surface area (Å²) >= 11 is 0. The van der Waals surface area contributed by atoms with Crippen molar-refractivity contribution in [2.24, 2.45) is 0 Å². The van der Waals surface area contributed by atoms with E-state index in [1.165, 1.54) is 12.0 Å². The van der Waals surface area contributed by atoms with E-state index in [0.29, 0.717) is 35.5 Å². The second-order valence-corrected chi connectivity index (χ2v) is 7.92. The fourth-order valence-corrected chi connectivity index (χ4v) is 4.33. The van der Waals surface area contributed by atoms with Gasteiger partial charge in [-0.25, -0.2) is 4.79 Å². The van der Waals surface area contributed by atoms with Crippen LogP contribution in [0.5, 0.6) is 0 Å². The van der Waals surface area contributed by atoms with Crippen molar-refractivity contribution in [3.63, 3.8) is 0 Å². The lowest BCUT2D eigenvalue weighted by Gasteiger charge is -2.28. The quantitative estimate of drug-likeness (QED) is 0.273. The van der Waals surface area contributed by atoms with Crippen LogP contribution in [0.3, 0.4) is 0 Å². The number of carbonyl (C=O) groups is 3. The van der Waals surface area contributed by atoms with E-state index < -0.39 is 23.7 Å². The molecule has 9 nitrogen and oxygen atoms in total. The van der Waals surface area contributed by atoms with E-state index in [2.05, 4.69) is 14.9 Å². The van der Waals surface area contributed by atoms with Crippen molar-refractivity contribution in [2.75, 3.05) is 33.3 Å². The first kappa shape index (κ1) is 24.2. The van der Waals surface area contributed by atoms with Gasteiger partial charge in [-0.1, -0.05) is 19.9 Å². The Labute approximate surface area is 193 Å². The van der Waals surface area contributed by atoms with Gasteiger partial charge in [-0.05, 0) is 44.1 Å². The molecule has 1 aliphatic rings. The third-order valence-corrected chi connectivity index (χ3v) is 6.16. The first-order valence-corrected chi connectivity index (χ1v) is 10.9. The molecule has 1 aliphatic heterocycles. The van der Waals surface area contributed by atoms with Crippen molar-refractivity contribution in [1.29, 1.82) is 0 Å². The molecule has 3 heterocycles. The predicted molar refractivity (Wildman–Crippen MR) is 123 cm³/mol. The maximum Gasteiger partial charge on any atom is 0.354 e. The lowest BCUT2D eigenvalue weighted by atomic mass is 9.95. The van der Waals surface area contributed by atoms with E-state index in [9.17, 15) is 19.5 Å². The highest BCUT2D eigenvalue weighted by atomic mass is 16.5. The average Bonchev–Trinajstić information content (AvgIpc) is 3.26. The fraction of sp³-hybridized carbons (Fsp3) is 0.417. The van der Waals surface area contributed by atoms with Gasteiger partial charge in [0.1, 0.15) is 11.5 Å². The second-order valence-electron chi connectivity index (χ2n) is 7.92. The van der Waals surface area contributed by atoms with Gasteiger partial charge < -0.3 is 24.6 Å². The highest BCUT2D eigenvalue weighted by molar-refractivity contribution is 6.46. The third-order valence-electron chi connectivity index (χ3n) is 6.16. The van der Waals surface area contributed by atoms with E-state index >= 15 is 0 Å². The smallest absolute Gasteiger partial charge is 0.354 e. The number of carbonyl (C=O) groups excluding carboxylic acids is 3. The standard InChI is InChI=1S/C24H30N4O5/c1-6-27(7-2)11-12-28-20(16-9-8-10-25-13-16)18(22(30)23(28)31)21(29)17-14(3)19(24(32)33-5)26-15(17)4/h8-10,13,20,26,29H,6-7,11-12H2,1-5H3/b21-18-. The molecule has 1 amide bonds. The van der Waals surface area contributed by atoms with Gasteiger partial charge in [-0.3, -0.25) is 14.6 Å². The molecule has 33 heavy (non-hydrogen) atoms. The van der Waals surface area contributed by atoms with Crippen LogP contribution in [0.4, 0.5) is 0 Å². The number of aliphatic hydroxyl groups is 1. The number of likely N-dealkylation sites (tertiary alicyclic amines) is 1. The number of rotatable bonds is 8. The minimum absolute atomic E-state index is 0.0193. The van der Waals surface area contributed by atoms with Gasteiger partial charge in [0, 0.05) is 36.7 Å². The summed E-state index contributed by atoms with van der Waals surface area (Å²) in [6.45, 7) is 9.95. The molecule has 0 saturated carbocycles. The number of aromatic amines is 1. The molecule has 2 N–H and O–H groups in total. The molecule has 176 valence electrons.